The van der Waals surface area contributed by atoms with Crippen LogP contribution in [0.25, 0.3) is 12.2 Å². The number of ether oxygens (including phenoxy) is 1. The monoisotopic (exact) mass is 296 g/mol. The maximum Gasteiger partial charge on any atom is 0.126 e. The Balaban J connectivity index is 2.36. The van der Waals surface area contributed by atoms with Gasteiger partial charge in [0, 0.05) is 5.56 Å². The molecule has 0 aliphatic carbocycles. The molecule has 2 rings (SSSR count). The summed E-state index contributed by atoms with van der Waals surface area (Å²) in [5.41, 5.74) is 4.34. The van der Waals surface area contributed by atoms with Crippen molar-refractivity contribution >= 4 is 12.2 Å². The first-order chi connectivity index (χ1) is 10.5. The minimum Gasteiger partial charge on any atom is -0.496 e. The maximum atomic E-state index is 9.51. The summed E-state index contributed by atoms with van der Waals surface area (Å²) in [6, 6.07) is 14.1. The third-order valence-electron chi connectivity index (χ3n) is 3.71. The van der Waals surface area contributed by atoms with Crippen LogP contribution in [0.3, 0.4) is 0 Å². The molecule has 22 heavy (non-hydrogen) atoms. The molecule has 0 amide bonds. The molecule has 0 heterocycles. The van der Waals surface area contributed by atoms with Crippen molar-refractivity contribution in [2.45, 2.75) is 32.8 Å². The van der Waals surface area contributed by atoms with E-state index in [1.807, 2.05) is 36.4 Å². The number of rotatable bonds is 4. The molecule has 0 bridgehead atoms. The van der Waals surface area contributed by atoms with Gasteiger partial charge in [0.2, 0.25) is 0 Å². The zero-order chi connectivity index (χ0) is 16.2. The summed E-state index contributed by atoms with van der Waals surface area (Å²) in [5.74, 6) is 0.863. The second-order valence-corrected chi connectivity index (χ2v) is 6.40. The van der Waals surface area contributed by atoms with Crippen molar-refractivity contribution in [2.24, 2.45) is 0 Å². The first-order valence-corrected chi connectivity index (χ1v) is 7.51. The molecule has 2 aromatic carbocycles. The molecule has 0 fully saturated rings. The zero-order valence-electron chi connectivity index (χ0n) is 13.8. The van der Waals surface area contributed by atoms with Crippen LogP contribution in [0, 0.1) is 0 Å². The SMILES string of the molecule is COc1ccccc1C=Cc1ccc(CO)c(C(C)(C)C)c1. The molecule has 0 radical (unpaired) electrons. The van der Waals surface area contributed by atoms with Crippen LogP contribution in [0.2, 0.25) is 0 Å². The number of para-hydroxylation sites is 1. The molecule has 1 N–H and O–H groups in total. The molecule has 0 aliphatic rings. The molecule has 2 aromatic rings. The largest absolute Gasteiger partial charge is 0.496 e. The summed E-state index contributed by atoms with van der Waals surface area (Å²) < 4.78 is 5.36. The smallest absolute Gasteiger partial charge is 0.126 e. The molecule has 0 spiro atoms. The molecule has 2 heteroatoms. The van der Waals surface area contributed by atoms with Crippen LogP contribution < -0.4 is 4.74 Å². The van der Waals surface area contributed by atoms with Gasteiger partial charge in [-0.3, -0.25) is 0 Å². The Morgan fingerprint density at radius 3 is 2.41 bits per heavy atom. The summed E-state index contributed by atoms with van der Waals surface area (Å²) in [6.07, 6.45) is 4.13. The molecular weight excluding hydrogens is 272 g/mol. The summed E-state index contributed by atoms with van der Waals surface area (Å²) in [7, 11) is 1.68. The van der Waals surface area contributed by atoms with Gasteiger partial charge in [0.05, 0.1) is 13.7 Å². The van der Waals surface area contributed by atoms with E-state index in [1.54, 1.807) is 7.11 Å². The van der Waals surface area contributed by atoms with E-state index in [-0.39, 0.29) is 12.0 Å². The average molecular weight is 296 g/mol. The number of methoxy groups -OCH3 is 1. The van der Waals surface area contributed by atoms with Crippen molar-refractivity contribution in [3.63, 3.8) is 0 Å². The predicted molar refractivity (Wildman–Crippen MR) is 93.0 cm³/mol. The molecule has 0 saturated heterocycles. The lowest BCUT2D eigenvalue weighted by Crippen LogP contribution is -2.14. The highest BCUT2D eigenvalue weighted by molar-refractivity contribution is 5.73. The van der Waals surface area contributed by atoms with E-state index in [9.17, 15) is 5.11 Å². The lowest BCUT2D eigenvalue weighted by atomic mass is 9.83. The van der Waals surface area contributed by atoms with E-state index in [4.69, 9.17) is 4.74 Å². The van der Waals surface area contributed by atoms with E-state index in [1.165, 1.54) is 5.56 Å². The fraction of sp³-hybridized carbons (Fsp3) is 0.300. The lowest BCUT2D eigenvalue weighted by Gasteiger charge is -2.22. The highest BCUT2D eigenvalue weighted by atomic mass is 16.5. The fourth-order valence-electron chi connectivity index (χ4n) is 2.52. The molecule has 116 valence electrons. The molecule has 2 nitrogen and oxygen atoms in total. The van der Waals surface area contributed by atoms with Crippen molar-refractivity contribution in [3.8, 4) is 5.75 Å². The van der Waals surface area contributed by atoms with Crippen molar-refractivity contribution in [1.82, 2.24) is 0 Å². The quantitative estimate of drug-likeness (QED) is 0.832. The first-order valence-electron chi connectivity index (χ1n) is 7.51. The van der Waals surface area contributed by atoms with E-state index in [0.717, 1.165) is 22.4 Å². The van der Waals surface area contributed by atoms with E-state index in [2.05, 4.69) is 39.0 Å². The van der Waals surface area contributed by atoms with E-state index < -0.39 is 0 Å². The number of hydrogen-bond acceptors (Lipinski definition) is 2. The molecule has 0 atom stereocenters. The summed E-state index contributed by atoms with van der Waals surface area (Å²) >= 11 is 0. The van der Waals surface area contributed by atoms with E-state index >= 15 is 0 Å². The Labute approximate surface area is 133 Å². The van der Waals surface area contributed by atoms with Crippen molar-refractivity contribution in [3.05, 3.63) is 64.7 Å². The van der Waals surface area contributed by atoms with Gasteiger partial charge in [0.1, 0.15) is 5.75 Å². The van der Waals surface area contributed by atoms with Crippen LogP contribution >= 0.6 is 0 Å². The highest BCUT2D eigenvalue weighted by Gasteiger charge is 2.17. The number of aliphatic hydroxyl groups is 1. The maximum absolute atomic E-state index is 9.51. The predicted octanol–water partition coefficient (Wildman–Crippen LogP) is 4.66. The van der Waals surface area contributed by atoms with Crippen LogP contribution in [-0.4, -0.2) is 12.2 Å². The second kappa shape index (κ2) is 6.80. The van der Waals surface area contributed by atoms with Gasteiger partial charge < -0.3 is 9.84 Å². The minimum atomic E-state index is 0.00630. The zero-order valence-corrected chi connectivity index (χ0v) is 13.8. The van der Waals surface area contributed by atoms with Crippen LogP contribution in [0.15, 0.2) is 42.5 Å². The minimum absolute atomic E-state index is 0.00630. The normalized spacial score (nSPS) is 11.9. The van der Waals surface area contributed by atoms with Gasteiger partial charge in [-0.25, -0.2) is 0 Å². The van der Waals surface area contributed by atoms with Crippen LogP contribution in [0.4, 0.5) is 0 Å². The fourth-order valence-corrected chi connectivity index (χ4v) is 2.52. The van der Waals surface area contributed by atoms with Crippen LogP contribution in [-0.2, 0) is 12.0 Å². The van der Waals surface area contributed by atoms with Crippen molar-refractivity contribution < 1.29 is 9.84 Å². The van der Waals surface area contributed by atoms with Gasteiger partial charge in [0.15, 0.2) is 0 Å². The van der Waals surface area contributed by atoms with E-state index in [0.29, 0.717) is 0 Å². The third-order valence-corrected chi connectivity index (χ3v) is 3.71. The Bertz CT molecular complexity index is 664. The number of hydrogen-bond donors (Lipinski definition) is 1. The molecule has 0 aliphatic heterocycles. The average Bonchev–Trinajstić information content (AvgIpc) is 2.52. The van der Waals surface area contributed by atoms with Gasteiger partial charge in [-0.2, -0.15) is 0 Å². The number of aliphatic hydroxyl groups excluding tert-OH is 1. The van der Waals surface area contributed by atoms with Crippen molar-refractivity contribution in [1.29, 1.82) is 0 Å². The van der Waals surface area contributed by atoms with Gasteiger partial charge in [-0.1, -0.05) is 69.3 Å². The van der Waals surface area contributed by atoms with Gasteiger partial charge in [-0.15, -0.1) is 0 Å². The van der Waals surface area contributed by atoms with Gasteiger partial charge in [0.25, 0.3) is 0 Å². The van der Waals surface area contributed by atoms with Crippen LogP contribution in [0.1, 0.15) is 43.0 Å². The standard InChI is InChI=1S/C20H24O2/c1-20(2,3)18-13-15(10-12-17(18)14-21)9-11-16-7-5-6-8-19(16)22-4/h5-13,21H,14H2,1-4H3. The topological polar surface area (TPSA) is 29.5 Å². The van der Waals surface area contributed by atoms with Gasteiger partial charge >= 0.3 is 0 Å². The molecule has 0 aromatic heterocycles. The Hall–Kier alpha value is -2.06. The Morgan fingerprint density at radius 2 is 1.77 bits per heavy atom. The second-order valence-electron chi connectivity index (χ2n) is 6.40. The molecular formula is C20H24O2. The first kappa shape index (κ1) is 16.3. The third kappa shape index (κ3) is 3.77. The lowest BCUT2D eigenvalue weighted by molar-refractivity contribution is 0.278. The molecule has 0 saturated carbocycles. The summed E-state index contributed by atoms with van der Waals surface area (Å²) in [4.78, 5) is 0. The summed E-state index contributed by atoms with van der Waals surface area (Å²) in [6.45, 7) is 6.56. The van der Waals surface area contributed by atoms with Crippen molar-refractivity contribution in [2.75, 3.05) is 7.11 Å². The Morgan fingerprint density at radius 1 is 1.05 bits per heavy atom. The van der Waals surface area contributed by atoms with Gasteiger partial charge in [-0.05, 0) is 28.2 Å². The Kier molecular flexibility index (Phi) is 5.04. The molecule has 0 unspecified atom stereocenters. The highest BCUT2D eigenvalue weighted by Crippen LogP contribution is 2.28. The number of benzene rings is 2. The summed E-state index contributed by atoms with van der Waals surface area (Å²) in [5, 5.41) is 9.51. The van der Waals surface area contributed by atoms with Crippen LogP contribution in [0.5, 0.6) is 5.75 Å².